The lowest BCUT2D eigenvalue weighted by Crippen LogP contribution is -2.09. The van der Waals surface area contributed by atoms with E-state index in [-0.39, 0.29) is 26.4 Å². The molecule has 2 aromatic heterocycles. The number of carbonyl (C=O) groups is 2. The van der Waals surface area contributed by atoms with Gasteiger partial charge in [-0.3, -0.25) is 9.59 Å². The number of aliphatic hydroxyl groups excluding tert-OH is 1. The van der Waals surface area contributed by atoms with E-state index in [2.05, 4.69) is 12.1 Å². The zero-order valence-electron chi connectivity index (χ0n) is 18.6. The predicted molar refractivity (Wildman–Crippen MR) is 126 cm³/mol. The largest absolute Gasteiger partial charge is 0.395 e. The van der Waals surface area contributed by atoms with E-state index in [1.165, 1.54) is 0 Å². The van der Waals surface area contributed by atoms with Gasteiger partial charge in [0.2, 0.25) is 0 Å². The van der Waals surface area contributed by atoms with Crippen LogP contribution < -0.4 is 0 Å². The average Bonchev–Trinajstić information content (AvgIpc) is 3.40. The number of hydrogen-bond acceptors (Lipinski definition) is 6. The topological polar surface area (TPSA) is 121 Å². The Labute approximate surface area is 195 Å². The SMILES string of the molecule is Cc1c(C=O)ccc2c1cc(C#N)n2CCOCc1c(C=O)ccc2c1cc(C#N)n2CCO. The molecule has 0 amide bonds. The van der Waals surface area contributed by atoms with Gasteiger partial charge < -0.3 is 19.0 Å². The molecule has 0 aliphatic heterocycles. The van der Waals surface area contributed by atoms with Crippen molar-refractivity contribution >= 4 is 34.4 Å². The zero-order valence-corrected chi connectivity index (χ0v) is 18.6. The summed E-state index contributed by atoms with van der Waals surface area (Å²) in [5.41, 5.74) is 5.02. The number of aldehydes is 2. The van der Waals surface area contributed by atoms with Crippen LogP contribution in [0.3, 0.4) is 0 Å². The lowest BCUT2D eigenvalue weighted by molar-refractivity contribution is 0.108. The van der Waals surface area contributed by atoms with Crippen LogP contribution in [0, 0.1) is 29.6 Å². The van der Waals surface area contributed by atoms with Crippen molar-refractivity contribution in [3.8, 4) is 12.1 Å². The lowest BCUT2D eigenvalue weighted by Gasteiger charge is -2.12. The molecule has 0 saturated carbocycles. The van der Waals surface area contributed by atoms with Gasteiger partial charge in [0, 0.05) is 46.0 Å². The number of hydrogen-bond donors (Lipinski definition) is 1. The molecule has 8 nitrogen and oxygen atoms in total. The summed E-state index contributed by atoms with van der Waals surface area (Å²) >= 11 is 0. The molecule has 0 saturated heterocycles. The molecule has 34 heavy (non-hydrogen) atoms. The fourth-order valence-corrected chi connectivity index (χ4v) is 4.40. The third-order valence-electron chi connectivity index (χ3n) is 6.14. The van der Waals surface area contributed by atoms with Crippen LogP contribution in [-0.4, -0.2) is 40.0 Å². The molecule has 0 radical (unpaired) electrons. The minimum absolute atomic E-state index is 0.112. The Bertz CT molecular complexity index is 1500. The predicted octanol–water partition coefficient (Wildman–Crippen LogP) is 3.48. The summed E-state index contributed by atoms with van der Waals surface area (Å²) in [6.07, 6.45) is 1.56. The Morgan fingerprint density at radius 2 is 1.50 bits per heavy atom. The second-order valence-corrected chi connectivity index (χ2v) is 7.88. The highest BCUT2D eigenvalue weighted by atomic mass is 16.5. The van der Waals surface area contributed by atoms with E-state index in [9.17, 15) is 25.2 Å². The number of aryl methyl sites for hydroxylation is 1. The maximum atomic E-state index is 11.7. The van der Waals surface area contributed by atoms with Crippen LogP contribution >= 0.6 is 0 Å². The molecular formula is C26H22N4O4. The molecule has 4 aromatic rings. The number of nitrogens with zero attached hydrogens (tertiary/aromatic N) is 4. The van der Waals surface area contributed by atoms with Crippen LogP contribution in [0.5, 0.6) is 0 Å². The van der Waals surface area contributed by atoms with E-state index in [1.54, 1.807) is 34.9 Å². The summed E-state index contributed by atoms with van der Waals surface area (Å²) in [4.78, 5) is 22.9. The van der Waals surface area contributed by atoms with Crippen LogP contribution in [0.2, 0.25) is 0 Å². The molecule has 170 valence electrons. The van der Waals surface area contributed by atoms with Crippen LogP contribution in [0.1, 0.15) is 43.2 Å². The summed E-state index contributed by atoms with van der Waals surface area (Å²) in [5.74, 6) is 0. The summed E-state index contributed by atoms with van der Waals surface area (Å²) in [5, 5.41) is 30.0. The highest BCUT2D eigenvalue weighted by Gasteiger charge is 2.16. The summed E-state index contributed by atoms with van der Waals surface area (Å²) in [7, 11) is 0. The van der Waals surface area contributed by atoms with Crippen molar-refractivity contribution in [1.82, 2.24) is 9.13 Å². The quantitative estimate of drug-likeness (QED) is 0.305. The molecule has 2 heterocycles. The standard InChI is InChI=1S/C26H22N4O4/c1-17-18(14-32)2-4-25-22(17)10-20(12-27)30(25)7-9-34-16-24-19(15-33)3-5-26-23(24)11-21(13-28)29(26)6-8-31/h2-5,10-11,14-15,31H,6-9,16H2,1H3. The fourth-order valence-electron chi connectivity index (χ4n) is 4.40. The Kier molecular flexibility index (Phi) is 6.55. The smallest absolute Gasteiger partial charge is 0.150 e. The highest BCUT2D eigenvalue weighted by molar-refractivity contribution is 5.93. The van der Waals surface area contributed by atoms with E-state index in [0.29, 0.717) is 34.6 Å². The van der Waals surface area contributed by atoms with Crippen molar-refractivity contribution < 1.29 is 19.4 Å². The Morgan fingerprint density at radius 1 is 0.912 bits per heavy atom. The Balaban J connectivity index is 1.59. The number of rotatable bonds is 9. The van der Waals surface area contributed by atoms with Crippen LogP contribution in [0.25, 0.3) is 21.8 Å². The van der Waals surface area contributed by atoms with Gasteiger partial charge in [-0.15, -0.1) is 0 Å². The molecular weight excluding hydrogens is 432 g/mol. The van der Waals surface area contributed by atoms with Crippen molar-refractivity contribution in [2.75, 3.05) is 13.2 Å². The minimum Gasteiger partial charge on any atom is -0.395 e. The first kappa shape index (κ1) is 22.9. The Morgan fingerprint density at radius 3 is 2.12 bits per heavy atom. The summed E-state index contributed by atoms with van der Waals surface area (Å²) in [6, 6.07) is 14.8. The van der Waals surface area contributed by atoms with E-state index in [4.69, 9.17) is 4.74 Å². The average molecular weight is 454 g/mol. The number of benzene rings is 2. The van der Waals surface area contributed by atoms with Gasteiger partial charge in [-0.25, -0.2) is 0 Å². The van der Waals surface area contributed by atoms with Gasteiger partial charge in [-0.1, -0.05) is 0 Å². The first-order valence-corrected chi connectivity index (χ1v) is 10.7. The molecule has 0 fully saturated rings. The highest BCUT2D eigenvalue weighted by Crippen LogP contribution is 2.27. The van der Waals surface area contributed by atoms with Crippen LogP contribution in [-0.2, 0) is 24.4 Å². The maximum Gasteiger partial charge on any atom is 0.150 e. The third-order valence-corrected chi connectivity index (χ3v) is 6.14. The monoisotopic (exact) mass is 454 g/mol. The molecule has 1 N–H and O–H groups in total. The van der Waals surface area contributed by atoms with E-state index >= 15 is 0 Å². The number of carbonyl (C=O) groups excluding carboxylic acids is 2. The molecule has 0 aliphatic carbocycles. The van der Waals surface area contributed by atoms with Crippen molar-refractivity contribution in [3.05, 3.63) is 70.0 Å². The first-order valence-electron chi connectivity index (χ1n) is 10.7. The van der Waals surface area contributed by atoms with E-state index < -0.39 is 0 Å². The van der Waals surface area contributed by atoms with Crippen LogP contribution in [0.4, 0.5) is 0 Å². The molecule has 0 atom stereocenters. The van der Waals surface area contributed by atoms with Gasteiger partial charge in [-0.2, -0.15) is 10.5 Å². The zero-order chi connectivity index (χ0) is 24.2. The van der Waals surface area contributed by atoms with Gasteiger partial charge in [0.05, 0.1) is 19.8 Å². The molecule has 0 aliphatic rings. The van der Waals surface area contributed by atoms with Crippen molar-refractivity contribution in [1.29, 1.82) is 10.5 Å². The van der Waals surface area contributed by atoms with E-state index in [1.807, 2.05) is 17.6 Å². The molecule has 8 heteroatoms. The normalized spacial score (nSPS) is 10.9. The molecule has 2 aromatic carbocycles. The second kappa shape index (κ2) is 9.72. The molecule has 0 unspecified atom stereocenters. The Hall–Kier alpha value is -4.24. The number of nitriles is 2. The van der Waals surface area contributed by atoms with Crippen molar-refractivity contribution in [2.45, 2.75) is 26.6 Å². The second-order valence-electron chi connectivity index (χ2n) is 7.88. The van der Waals surface area contributed by atoms with Crippen LogP contribution in [0.15, 0.2) is 36.4 Å². The van der Waals surface area contributed by atoms with Gasteiger partial charge >= 0.3 is 0 Å². The number of ether oxygens (including phenoxy) is 1. The van der Waals surface area contributed by atoms with Crippen molar-refractivity contribution in [3.63, 3.8) is 0 Å². The summed E-state index contributed by atoms with van der Waals surface area (Å²) in [6.45, 7) is 2.86. The molecule has 0 spiro atoms. The van der Waals surface area contributed by atoms with Gasteiger partial charge in [0.25, 0.3) is 0 Å². The maximum absolute atomic E-state index is 11.7. The number of fused-ring (bicyclic) bond motifs is 2. The molecule has 0 bridgehead atoms. The first-order chi connectivity index (χ1) is 16.6. The van der Waals surface area contributed by atoms with Gasteiger partial charge in [0.1, 0.15) is 36.1 Å². The number of aliphatic hydroxyl groups is 1. The lowest BCUT2D eigenvalue weighted by atomic mass is 10.0. The fraction of sp³-hybridized carbons (Fsp3) is 0.231. The van der Waals surface area contributed by atoms with Gasteiger partial charge in [0.15, 0.2) is 0 Å². The molecule has 4 rings (SSSR count). The van der Waals surface area contributed by atoms with Gasteiger partial charge in [-0.05, 0) is 54.4 Å². The third kappa shape index (κ3) is 3.86. The summed E-state index contributed by atoms with van der Waals surface area (Å²) < 4.78 is 9.49. The van der Waals surface area contributed by atoms with E-state index in [0.717, 1.165) is 39.9 Å². The van der Waals surface area contributed by atoms with Crippen molar-refractivity contribution in [2.24, 2.45) is 0 Å². The minimum atomic E-state index is -0.112. The number of aromatic nitrogens is 2.